The Kier molecular flexibility index (Phi) is 8.78. The molecule has 0 radical (unpaired) electrons. The van der Waals surface area contributed by atoms with Crippen molar-refractivity contribution in [1.82, 2.24) is 25.1 Å². The molecule has 0 spiro atoms. The Morgan fingerprint density at radius 1 is 1.06 bits per heavy atom. The topological polar surface area (TPSA) is 69.7 Å². The maximum Gasteiger partial charge on any atom is 0.162 e. The number of anilines is 1. The number of aromatic nitrogens is 4. The van der Waals surface area contributed by atoms with Crippen LogP contribution in [0.3, 0.4) is 0 Å². The number of nitrogens with zero attached hydrogens (tertiary/aromatic N) is 4. The van der Waals surface area contributed by atoms with E-state index >= 15 is 0 Å². The van der Waals surface area contributed by atoms with Gasteiger partial charge in [-0.1, -0.05) is 39.8 Å². The van der Waals surface area contributed by atoms with Crippen LogP contribution in [0.1, 0.15) is 53.0 Å². The van der Waals surface area contributed by atoms with E-state index in [1.165, 1.54) is 6.42 Å². The molecule has 4 rings (SSSR count). The van der Waals surface area contributed by atoms with Gasteiger partial charge in [0.25, 0.3) is 0 Å². The number of hydrogen-bond acceptors (Lipinski definition) is 5. The van der Waals surface area contributed by atoms with Crippen LogP contribution < -0.4 is 5.32 Å². The zero-order valence-corrected chi connectivity index (χ0v) is 20.9. The molecule has 2 aromatic carbocycles. The maximum atomic E-state index is 4.96. The highest BCUT2D eigenvalue weighted by Crippen LogP contribution is 2.29. The molecule has 176 valence electrons. The van der Waals surface area contributed by atoms with Gasteiger partial charge >= 0.3 is 0 Å². The summed E-state index contributed by atoms with van der Waals surface area (Å²) < 4.78 is 0. The van der Waals surface area contributed by atoms with Crippen LogP contribution in [0.5, 0.6) is 0 Å². The van der Waals surface area contributed by atoms with Crippen molar-refractivity contribution in [2.45, 2.75) is 60.4 Å². The second-order valence-electron chi connectivity index (χ2n) is 8.25. The Balaban J connectivity index is 0.00000149. The number of benzene rings is 2. The smallest absolute Gasteiger partial charge is 0.162 e. The van der Waals surface area contributed by atoms with Crippen molar-refractivity contribution >= 4 is 27.6 Å². The molecular formula is C27H38N6. The number of hydrogen-bond donors (Lipinski definition) is 2. The highest BCUT2D eigenvalue weighted by atomic mass is 15.1. The van der Waals surface area contributed by atoms with E-state index in [2.05, 4.69) is 78.4 Å². The third kappa shape index (κ3) is 5.88. The lowest BCUT2D eigenvalue weighted by Gasteiger charge is -2.21. The van der Waals surface area contributed by atoms with Crippen LogP contribution in [0.15, 0.2) is 42.6 Å². The zero-order chi connectivity index (χ0) is 23.8. The molecule has 2 N–H and O–H groups in total. The SMILES string of the molecule is CC.CCN(CC)CCCC(C)Nc1nc(-c2ccc3[nH]ncc3c2)nc2c(C)cccc12. The first-order valence-corrected chi connectivity index (χ1v) is 12.3. The third-order valence-electron chi connectivity index (χ3n) is 6.02. The second kappa shape index (κ2) is 11.8. The highest BCUT2D eigenvalue weighted by molar-refractivity contribution is 5.93. The van der Waals surface area contributed by atoms with Gasteiger partial charge < -0.3 is 10.2 Å². The fourth-order valence-electron chi connectivity index (χ4n) is 4.08. The lowest BCUT2D eigenvalue weighted by Crippen LogP contribution is -2.25. The molecule has 0 saturated heterocycles. The Morgan fingerprint density at radius 3 is 2.61 bits per heavy atom. The van der Waals surface area contributed by atoms with E-state index in [1.807, 2.05) is 26.1 Å². The molecule has 2 heterocycles. The zero-order valence-electron chi connectivity index (χ0n) is 20.9. The molecule has 0 bridgehead atoms. The number of nitrogens with one attached hydrogen (secondary N) is 2. The van der Waals surface area contributed by atoms with Gasteiger partial charge in [0.1, 0.15) is 5.82 Å². The average Bonchev–Trinajstić information content (AvgIpc) is 3.31. The molecule has 4 aromatic rings. The van der Waals surface area contributed by atoms with Crippen LogP contribution in [0.25, 0.3) is 33.2 Å². The van der Waals surface area contributed by atoms with Gasteiger partial charge in [-0.3, -0.25) is 5.10 Å². The number of para-hydroxylation sites is 1. The molecule has 33 heavy (non-hydrogen) atoms. The number of aryl methyl sites for hydroxylation is 1. The predicted octanol–water partition coefficient (Wildman–Crippen LogP) is 6.43. The molecule has 0 aliphatic heterocycles. The van der Waals surface area contributed by atoms with Crippen molar-refractivity contribution in [2.75, 3.05) is 25.0 Å². The van der Waals surface area contributed by atoms with Crippen molar-refractivity contribution in [3.63, 3.8) is 0 Å². The van der Waals surface area contributed by atoms with Crippen LogP contribution >= 0.6 is 0 Å². The summed E-state index contributed by atoms with van der Waals surface area (Å²) in [5.41, 5.74) is 4.16. The molecule has 6 heteroatoms. The maximum absolute atomic E-state index is 4.96. The summed E-state index contributed by atoms with van der Waals surface area (Å²) in [6, 6.07) is 12.8. The van der Waals surface area contributed by atoms with E-state index in [-0.39, 0.29) is 0 Å². The van der Waals surface area contributed by atoms with Crippen molar-refractivity contribution < 1.29 is 0 Å². The summed E-state index contributed by atoms with van der Waals surface area (Å²) in [4.78, 5) is 12.4. The van der Waals surface area contributed by atoms with Gasteiger partial charge in [0.05, 0.1) is 17.2 Å². The molecular weight excluding hydrogens is 408 g/mol. The Hall–Kier alpha value is -2.99. The van der Waals surface area contributed by atoms with Crippen molar-refractivity contribution in [1.29, 1.82) is 0 Å². The minimum Gasteiger partial charge on any atom is -0.367 e. The van der Waals surface area contributed by atoms with Gasteiger partial charge in [-0.05, 0) is 76.2 Å². The summed E-state index contributed by atoms with van der Waals surface area (Å²) >= 11 is 0. The van der Waals surface area contributed by atoms with Crippen molar-refractivity contribution in [3.8, 4) is 11.4 Å². The van der Waals surface area contributed by atoms with Gasteiger partial charge in [0, 0.05) is 22.4 Å². The van der Waals surface area contributed by atoms with Crippen molar-refractivity contribution in [2.24, 2.45) is 0 Å². The van der Waals surface area contributed by atoms with Crippen LogP contribution in [0, 0.1) is 6.92 Å². The molecule has 0 aliphatic carbocycles. The second-order valence-corrected chi connectivity index (χ2v) is 8.25. The standard InChI is InChI=1S/C25H32N6.C2H6/c1-5-31(6-2)14-8-10-18(4)27-25-21-11-7-9-17(3)23(21)28-24(29-25)19-12-13-22-20(15-19)16-26-30-22;1-2/h7,9,11-13,15-16,18H,5-6,8,10,14H2,1-4H3,(H,26,30)(H,27,28,29);1-2H3. The highest BCUT2D eigenvalue weighted by Gasteiger charge is 2.14. The minimum atomic E-state index is 0.332. The molecule has 0 aliphatic rings. The molecule has 0 fully saturated rings. The summed E-state index contributed by atoms with van der Waals surface area (Å²) in [6.45, 7) is 16.2. The van der Waals surface area contributed by atoms with Crippen LogP contribution in [-0.2, 0) is 0 Å². The van der Waals surface area contributed by atoms with E-state index in [1.54, 1.807) is 0 Å². The Labute approximate surface area is 197 Å². The summed E-state index contributed by atoms with van der Waals surface area (Å²) in [5, 5.41) is 12.9. The number of aromatic amines is 1. The third-order valence-corrected chi connectivity index (χ3v) is 6.02. The minimum absolute atomic E-state index is 0.332. The van der Waals surface area contributed by atoms with Gasteiger partial charge in [-0.2, -0.15) is 5.10 Å². The van der Waals surface area contributed by atoms with Crippen molar-refractivity contribution in [3.05, 3.63) is 48.2 Å². The monoisotopic (exact) mass is 446 g/mol. The fraction of sp³-hybridized carbons (Fsp3) is 0.444. The average molecular weight is 447 g/mol. The first-order valence-electron chi connectivity index (χ1n) is 12.3. The number of rotatable bonds is 9. The molecule has 2 aromatic heterocycles. The normalized spacial score (nSPS) is 12.1. The Bertz CT molecular complexity index is 1160. The number of H-pyrrole nitrogens is 1. The molecule has 0 amide bonds. The lowest BCUT2D eigenvalue weighted by atomic mass is 10.1. The Morgan fingerprint density at radius 2 is 1.85 bits per heavy atom. The number of fused-ring (bicyclic) bond motifs is 2. The van der Waals surface area contributed by atoms with Crippen LogP contribution in [-0.4, -0.2) is 50.7 Å². The molecule has 6 nitrogen and oxygen atoms in total. The summed E-state index contributed by atoms with van der Waals surface area (Å²) in [7, 11) is 0. The van der Waals surface area contributed by atoms with Crippen LogP contribution in [0.2, 0.25) is 0 Å². The van der Waals surface area contributed by atoms with Crippen LogP contribution in [0.4, 0.5) is 5.82 Å². The van der Waals surface area contributed by atoms with Gasteiger partial charge in [-0.25, -0.2) is 9.97 Å². The summed E-state index contributed by atoms with van der Waals surface area (Å²) in [6.07, 6.45) is 4.11. The van der Waals surface area contributed by atoms with Gasteiger partial charge in [0.15, 0.2) is 5.82 Å². The first kappa shape index (κ1) is 24.6. The van der Waals surface area contributed by atoms with E-state index in [4.69, 9.17) is 9.97 Å². The van der Waals surface area contributed by atoms with E-state index in [0.29, 0.717) is 6.04 Å². The lowest BCUT2D eigenvalue weighted by molar-refractivity contribution is 0.295. The van der Waals surface area contributed by atoms with E-state index in [9.17, 15) is 0 Å². The predicted molar refractivity (Wildman–Crippen MR) is 141 cm³/mol. The largest absolute Gasteiger partial charge is 0.367 e. The van der Waals surface area contributed by atoms with Gasteiger partial charge in [0.2, 0.25) is 0 Å². The molecule has 0 saturated carbocycles. The fourth-order valence-corrected chi connectivity index (χ4v) is 4.08. The van der Waals surface area contributed by atoms with E-state index in [0.717, 1.165) is 70.6 Å². The van der Waals surface area contributed by atoms with E-state index < -0.39 is 0 Å². The molecule has 1 atom stereocenters. The first-order chi connectivity index (χ1) is 16.1. The quantitative estimate of drug-likeness (QED) is 0.310. The summed E-state index contributed by atoms with van der Waals surface area (Å²) in [5.74, 6) is 1.65. The van der Waals surface area contributed by atoms with Gasteiger partial charge in [-0.15, -0.1) is 0 Å². The molecule has 1 unspecified atom stereocenters.